The number of ether oxygens (including phenoxy) is 4. The Bertz CT molecular complexity index is 1990. The number of unbranched alkanes of at least 4 members (excludes halogenated alkanes) is 46. The number of carbonyl (C=O) groups excluding carboxylic acids is 4. The molecule has 0 aromatic heterocycles. The van der Waals surface area contributed by atoms with Crippen molar-refractivity contribution in [3.05, 3.63) is 0 Å². The number of esters is 4. The lowest BCUT2D eigenvalue weighted by Gasteiger charge is -2.21. The fourth-order valence-electron chi connectivity index (χ4n) is 12.8. The number of phosphoric ester groups is 2. The minimum atomic E-state index is -4.96. The number of hydrogen-bond acceptors (Lipinski definition) is 15. The standard InChI is InChI=1S/C83H162O17P2/c1-73(2)59-51-43-35-28-22-16-13-11-9-10-12-14-18-26-32-40-49-57-65-82(87)99-78(69-93-80(85)63-55-47-39-31-25-21-20-24-30-37-45-53-61-75(5)6)71-97-101(89,90)95-67-77(84)68-96-102(91,92)98-72-79(70-94-81(86)64-56-48-42-34-38-46-54-62-76(7)8)100-83(88)66-58-50-41-33-27-19-15-17-23-29-36-44-52-60-74(3)4/h73-79,84H,9-72H2,1-8H3,(H,89,90)(H,91,92)/t77?,78-,79-/m1/s1. The number of hydrogen-bond donors (Lipinski definition) is 3. The molecule has 3 unspecified atom stereocenters. The molecule has 17 nitrogen and oxygen atoms in total. The van der Waals surface area contributed by atoms with E-state index in [9.17, 15) is 43.2 Å². The van der Waals surface area contributed by atoms with Crippen LogP contribution in [0.4, 0.5) is 0 Å². The molecule has 5 atom stereocenters. The second kappa shape index (κ2) is 72.0. The lowest BCUT2D eigenvalue weighted by Crippen LogP contribution is -2.30. The molecule has 0 saturated carbocycles. The van der Waals surface area contributed by atoms with E-state index in [0.717, 1.165) is 114 Å². The molecule has 0 aromatic carbocycles. The lowest BCUT2D eigenvalue weighted by molar-refractivity contribution is -0.161. The van der Waals surface area contributed by atoms with Crippen molar-refractivity contribution >= 4 is 39.5 Å². The van der Waals surface area contributed by atoms with E-state index < -0.39 is 97.5 Å². The van der Waals surface area contributed by atoms with Gasteiger partial charge in [0, 0.05) is 25.7 Å². The zero-order chi connectivity index (χ0) is 75.3. The van der Waals surface area contributed by atoms with Crippen LogP contribution in [-0.4, -0.2) is 96.7 Å². The highest BCUT2D eigenvalue weighted by atomic mass is 31.2. The second-order valence-electron chi connectivity index (χ2n) is 31.8. The second-order valence-corrected chi connectivity index (χ2v) is 34.7. The smallest absolute Gasteiger partial charge is 0.462 e. The fraction of sp³-hybridized carbons (Fsp3) is 0.952. The summed E-state index contributed by atoms with van der Waals surface area (Å²) in [5.41, 5.74) is 0. The normalized spacial score (nSPS) is 14.0. The summed E-state index contributed by atoms with van der Waals surface area (Å²) in [6, 6.07) is 0. The van der Waals surface area contributed by atoms with Gasteiger partial charge < -0.3 is 33.8 Å². The van der Waals surface area contributed by atoms with Crippen molar-refractivity contribution in [3.63, 3.8) is 0 Å². The number of aliphatic hydroxyl groups excluding tert-OH is 1. The van der Waals surface area contributed by atoms with E-state index in [2.05, 4.69) is 55.4 Å². The molecule has 0 fully saturated rings. The summed E-state index contributed by atoms with van der Waals surface area (Å²) in [6.07, 6.45) is 59.8. The van der Waals surface area contributed by atoms with E-state index in [-0.39, 0.29) is 25.7 Å². The minimum absolute atomic E-state index is 0.106. The van der Waals surface area contributed by atoms with Crippen LogP contribution in [0.25, 0.3) is 0 Å². The summed E-state index contributed by atoms with van der Waals surface area (Å²) in [5.74, 6) is 0.982. The van der Waals surface area contributed by atoms with Crippen molar-refractivity contribution in [2.75, 3.05) is 39.6 Å². The molecular formula is C83H162O17P2. The van der Waals surface area contributed by atoms with Crippen molar-refractivity contribution in [1.82, 2.24) is 0 Å². The Balaban J connectivity index is 5.23. The molecule has 0 amide bonds. The number of carbonyl (C=O) groups is 4. The van der Waals surface area contributed by atoms with Crippen molar-refractivity contribution in [1.29, 1.82) is 0 Å². The molecule has 0 heterocycles. The topological polar surface area (TPSA) is 237 Å². The predicted octanol–water partition coefficient (Wildman–Crippen LogP) is 24.8. The van der Waals surface area contributed by atoms with Gasteiger partial charge in [0.25, 0.3) is 0 Å². The van der Waals surface area contributed by atoms with Crippen LogP contribution in [0.5, 0.6) is 0 Å². The highest BCUT2D eigenvalue weighted by molar-refractivity contribution is 7.47. The summed E-state index contributed by atoms with van der Waals surface area (Å²) >= 11 is 0. The Morgan fingerprint density at radius 1 is 0.245 bits per heavy atom. The summed E-state index contributed by atoms with van der Waals surface area (Å²) in [7, 11) is -9.92. The van der Waals surface area contributed by atoms with Crippen molar-refractivity contribution in [3.8, 4) is 0 Å². The van der Waals surface area contributed by atoms with Crippen LogP contribution in [0.15, 0.2) is 0 Å². The maximum Gasteiger partial charge on any atom is 0.472 e. The number of phosphoric acid groups is 2. The third kappa shape index (κ3) is 76.3. The highest BCUT2D eigenvalue weighted by Gasteiger charge is 2.30. The van der Waals surface area contributed by atoms with Crippen LogP contribution >= 0.6 is 15.6 Å². The number of aliphatic hydroxyl groups is 1. The monoisotopic (exact) mass is 1490 g/mol. The van der Waals surface area contributed by atoms with Gasteiger partial charge in [0.2, 0.25) is 0 Å². The van der Waals surface area contributed by atoms with E-state index in [0.29, 0.717) is 31.6 Å². The molecule has 0 aromatic rings. The maximum absolute atomic E-state index is 13.1. The molecule has 0 radical (unpaired) electrons. The third-order valence-corrected chi connectivity index (χ3v) is 21.2. The Labute approximate surface area is 626 Å². The average Bonchev–Trinajstić information content (AvgIpc) is 0.912. The molecule has 0 saturated heterocycles. The Morgan fingerprint density at radius 2 is 0.412 bits per heavy atom. The molecule has 0 aliphatic heterocycles. The van der Waals surface area contributed by atoms with Gasteiger partial charge in [0.15, 0.2) is 12.2 Å². The van der Waals surface area contributed by atoms with Gasteiger partial charge in [-0.2, -0.15) is 0 Å². The first-order chi connectivity index (χ1) is 49.1. The van der Waals surface area contributed by atoms with Crippen molar-refractivity contribution in [2.45, 2.75) is 446 Å². The quantitative estimate of drug-likeness (QED) is 0.0222. The highest BCUT2D eigenvalue weighted by Crippen LogP contribution is 2.45. The molecule has 0 spiro atoms. The zero-order valence-corrected chi connectivity index (χ0v) is 69.0. The average molecular weight is 1490 g/mol. The van der Waals surface area contributed by atoms with Crippen LogP contribution in [0, 0.1) is 23.7 Å². The Kier molecular flexibility index (Phi) is 70.6. The predicted molar refractivity (Wildman–Crippen MR) is 418 cm³/mol. The van der Waals surface area contributed by atoms with Crippen LogP contribution in [0.3, 0.4) is 0 Å². The first kappa shape index (κ1) is 100. The van der Waals surface area contributed by atoms with E-state index in [4.69, 9.17) is 37.0 Å². The van der Waals surface area contributed by atoms with Crippen molar-refractivity contribution < 1.29 is 80.2 Å². The van der Waals surface area contributed by atoms with Gasteiger partial charge in [0.1, 0.15) is 19.3 Å². The van der Waals surface area contributed by atoms with Crippen LogP contribution in [0.2, 0.25) is 0 Å². The van der Waals surface area contributed by atoms with Crippen LogP contribution in [-0.2, 0) is 65.4 Å². The van der Waals surface area contributed by atoms with Gasteiger partial charge in [0.05, 0.1) is 26.4 Å². The molecule has 102 heavy (non-hydrogen) atoms. The van der Waals surface area contributed by atoms with Gasteiger partial charge >= 0.3 is 39.5 Å². The van der Waals surface area contributed by atoms with E-state index in [1.54, 1.807) is 0 Å². The largest absolute Gasteiger partial charge is 0.472 e. The fourth-order valence-corrected chi connectivity index (χ4v) is 14.4. The summed E-state index contributed by atoms with van der Waals surface area (Å²) in [4.78, 5) is 73.1. The molecule has 3 N–H and O–H groups in total. The van der Waals surface area contributed by atoms with E-state index >= 15 is 0 Å². The van der Waals surface area contributed by atoms with Gasteiger partial charge in [-0.3, -0.25) is 37.3 Å². The molecule has 0 aliphatic rings. The Morgan fingerprint density at radius 3 is 0.608 bits per heavy atom. The molecule has 19 heteroatoms. The van der Waals surface area contributed by atoms with Crippen molar-refractivity contribution in [2.24, 2.45) is 23.7 Å². The first-order valence-electron chi connectivity index (χ1n) is 42.7. The minimum Gasteiger partial charge on any atom is -0.462 e. The molecule has 0 bridgehead atoms. The van der Waals surface area contributed by atoms with Gasteiger partial charge in [-0.05, 0) is 49.4 Å². The number of rotatable bonds is 80. The Hall–Kier alpha value is -1.94. The molecule has 0 aliphatic carbocycles. The van der Waals surface area contributed by atoms with Crippen LogP contribution in [0.1, 0.15) is 428 Å². The lowest BCUT2D eigenvalue weighted by atomic mass is 10.0. The van der Waals surface area contributed by atoms with Gasteiger partial charge in [-0.25, -0.2) is 9.13 Å². The third-order valence-electron chi connectivity index (χ3n) is 19.3. The van der Waals surface area contributed by atoms with Gasteiger partial charge in [-0.1, -0.05) is 376 Å². The molecular weight excluding hydrogens is 1330 g/mol. The SMILES string of the molecule is CC(C)CCCCCCCCCCCCCCCCCCCCC(=O)O[C@H](COC(=O)CCCCCCCCCCCCCCC(C)C)COP(=O)(O)OCC(O)COP(=O)(O)OC[C@@H](COC(=O)CCCCCCCCCC(C)C)OC(=O)CCCCCCCCCCCCCCCC(C)C. The summed E-state index contributed by atoms with van der Waals surface area (Å²) in [6.45, 7) is 14.3. The van der Waals surface area contributed by atoms with Gasteiger partial charge in [-0.15, -0.1) is 0 Å². The zero-order valence-electron chi connectivity index (χ0n) is 67.2. The van der Waals surface area contributed by atoms with E-state index in [1.807, 2.05) is 0 Å². The summed E-state index contributed by atoms with van der Waals surface area (Å²) in [5, 5.41) is 10.7. The van der Waals surface area contributed by atoms with Crippen LogP contribution < -0.4 is 0 Å². The molecule has 0 rings (SSSR count). The maximum atomic E-state index is 13.1. The van der Waals surface area contributed by atoms with E-state index in [1.165, 1.54) is 225 Å². The first-order valence-corrected chi connectivity index (χ1v) is 45.7. The molecule has 606 valence electrons. The summed E-state index contributed by atoms with van der Waals surface area (Å²) < 4.78 is 68.8.